The van der Waals surface area contributed by atoms with Crippen molar-refractivity contribution >= 4 is 34.8 Å². The van der Waals surface area contributed by atoms with Gasteiger partial charge in [-0.3, -0.25) is 9.98 Å². The molecule has 3 heterocycles. The summed E-state index contributed by atoms with van der Waals surface area (Å²) in [7, 11) is 0. The molecule has 4 N–H and O–H groups in total. The minimum atomic E-state index is -4.51. The van der Waals surface area contributed by atoms with Crippen LogP contribution >= 0.6 is 11.6 Å². The maximum atomic E-state index is 12.7. The first-order chi connectivity index (χ1) is 14.7. The van der Waals surface area contributed by atoms with E-state index in [1.54, 1.807) is 24.3 Å². The Balaban J connectivity index is 1.90. The standard InChI is InChI=1S/C18H13ClF3N7O2/c19-10-2-1-3-11(5-10)25-13-6-14(23-8-18(20,21)22)29-15(27-13)9(7-24-29)4-12-16(30)28-17(31)26-12/h1-7,25,30H,8H2,(H2,26,28,31)/b9-4-,23-14?. The fourth-order valence-electron chi connectivity index (χ4n) is 2.77. The number of nitrogens with one attached hydrogen (secondary N) is 3. The highest BCUT2D eigenvalue weighted by Crippen LogP contribution is 2.18. The number of fused-ring (bicyclic) bond motifs is 1. The molecule has 0 saturated carbocycles. The molecule has 0 aliphatic carbocycles. The van der Waals surface area contributed by atoms with Crippen LogP contribution in [0.4, 0.5) is 24.7 Å². The van der Waals surface area contributed by atoms with Crippen LogP contribution in [0.2, 0.25) is 5.02 Å². The van der Waals surface area contributed by atoms with Gasteiger partial charge in [0.15, 0.2) is 11.1 Å². The second kappa shape index (κ2) is 7.80. The number of nitrogens with zero attached hydrogens (tertiary/aromatic N) is 4. The first kappa shape index (κ1) is 20.5. The van der Waals surface area contributed by atoms with Crippen molar-refractivity contribution in [1.82, 2.24) is 24.6 Å². The summed E-state index contributed by atoms with van der Waals surface area (Å²) < 4.78 is 39.3. The van der Waals surface area contributed by atoms with Crippen LogP contribution in [-0.4, -0.2) is 42.4 Å². The molecule has 0 bridgehead atoms. The van der Waals surface area contributed by atoms with E-state index in [2.05, 4.69) is 30.4 Å². The van der Waals surface area contributed by atoms with E-state index in [9.17, 15) is 23.1 Å². The fourth-order valence-corrected chi connectivity index (χ4v) is 2.97. The first-order valence-electron chi connectivity index (χ1n) is 8.69. The summed E-state index contributed by atoms with van der Waals surface area (Å²) in [5.74, 6) is -0.211. The lowest BCUT2D eigenvalue weighted by Gasteiger charge is -2.07. The molecule has 0 spiro atoms. The number of halogens is 4. The Labute approximate surface area is 175 Å². The summed E-state index contributed by atoms with van der Waals surface area (Å²) >= 11 is 5.97. The number of alkyl halides is 3. The van der Waals surface area contributed by atoms with Crippen LogP contribution in [0, 0.1) is 0 Å². The third kappa shape index (κ3) is 4.69. The van der Waals surface area contributed by atoms with Crippen LogP contribution in [0.15, 0.2) is 46.3 Å². The van der Waals surface area contributed by atoms with Crippen LogP contribution in [0.3, 0.4) is 0 Å². The number of hydrogen-bond acceptors (Lipinski definition) is 6. The van der Waals surface area contributed by atoms with Gasteiger partial charge < -0.3 is 15.4 Å². The maximum Gasteiger partial charge on any atom is 0.408 e. The molecule has 9 nitrogen and oxygen atoms in total. The topological polar surface area (TPSA) is 123 Å². The van der Waals surface area contributed by atoms with Gasteiger partial charge in [-0.1, -0.05) is 17.7 Å². The minimum absolute atomic E-state index is 0.0590. The lowest BCUT2D eigenvalue weighted by molar-refractivity contribution is -0.118. The van der Waals surface area contributed by atoms with Crippen molar-refractivity contribution in [3.63, 3.8) is 0 Å². The summed E-state index contributed by atoms with van der Waals surface area (Å²) in [6.45, 7) is -1.41. The quantitative estimate of drug-likeness (QED) is 0.377. The Bertz CT molecular complexity index is 1440. The van der Waals surface area contributed by atoms with E-state index in [4.69, 9.17) is 11.6 Å². The molecular weight excluding hydrogens is 439 g/mol. The first-order valence-corrected chi connectivity index (χ1v) is 9.07. The normalized spacial score (nSPS) is 13.3. The summed E-state index contributed by atoms with van der Waals surface area (Å²) in [6.07, 6.45) is -1.81. The smallest absolute Gasteiger partial charge is 0.408 e. The van der Waals surface area contributed by atoms with Gasteiger partial charge in [0, 0.05) is 22.0 Å². The number of aromatic hydroxyl groups is 1. The van der Waals surface area contributed by atoms with Gasteiger partial charge in [0.25, 0.3) is 0 Å². The fraction of sp³-hybridized carbons (Fsp3) is 0.111. The molecule has 0 aliphatic heterocycles. The van der Waals surface area contributed by atoms with Gasteiger partial charge in [0.05, 0.1) is 6.20 Å². The highest BCUT2D eigenvalue weighted by atomic mass is 35.5. The largest absolute Gasteiger partial charge is 0.493 e. The average molecular weight is 452 g/mol. The van der Waals surface area contributed by atoms with Crippen molar-refractivity contribution < 1.29 is 18.3 Å². The average Bonchev–Trinajstić information content (AvgIpc) is 3.22. The molecule has 4 rings (SSSR count). The number of aromatic nitrogens is 5. The summed E-state index contributed by atoms with van der Waals surface area (Å²) in [6, 6.07) is 8.00. The van der Waals surface area contributed by atoms with E-state index < -0.39 is 24.3 Å². The highest BCUT2D eigenvalue weighted by molar-refractivity contribution is 6.30. The van der Waals surface area contributed by atoms with Gasteiger partial charge >= 0.3 is 11.9 Å². The van der Waals surface area contributed by atoms with E-state index in [-0.39, 0.29) is 22.6 Å². The van der Waals surface area contributed by atoms with Crippen molar-refractivity contribution in [3.05, 3.63) is 68.4 Å². The minimum Gasteiger partial charge on any atom is -0.493 e. The second-order valence-corrected chi connectivity index (χ2v) is 6.82. The zero-order valence-electron chi connectivity index (χ0n) is 15.4. The summed E-state index contributed by atoms with van der Waals surface area (Å²) in [5, 5.41) is 17.6. The predicted molar refractivity (Wildman–Crippen MR) is 106 cm³/mol. The van der Waals surface area contributed by atoms with Crippen molar-refractivity contribution in [2.75, 3.05) is 11.9 Å². The third-order valence-corrected chi connectivity index (χ3v) is 4.27. The molecule has 0 amide bonds. The molecule has 0 atom stereocenters. The molecule has 0 fully saturated rings. The SMILES string of the molecule is O=c1[nH]c(O)c(/C=c2/cnn3c(=NCC(F)(F)F)cc(Nc4cccc(Cl)c4)nc23)[nH]1. The number of rotatable bonds is 4. The van der Waals surface area contributed by atoms with Crippen molar-refractivity contribution in [2.24, 2.45) is 4.99 Å². The zero-order chi connectivity index (χ0) is 22.2. The third-order valence-electron chi connectivity index (χ3n) is 4.03. The summed E-state index contributed by atoms with van der Waals surface area (Å²) in [5.41, 5.74) is 0.0394. The molecule has 4 aromatic rings. The van der Waals surface area contributed by atoms with Gasteiger partial charge in [-0.15, -0.1) is 0 Å². The van der Waals surface area contributed by atoms with E-state index in [0.29, 0.717) is 15.9 Å². The number of benzene rings is 1. The number of imidazole rings is 1. The molecule has 3 aromatic heterocycles. The van der Waals surface area contributed by atoms with Crippen molar-refractivity contribution in [3.8, 4) is 5.88 Å². The van der Waals surface area contributed by atoms with Crippen LogP contribution in [0.5, 0.6) is 5.88 Å². The van der Waals surface area contributed by atoms with Gasteiger partial charge in [-0.25, -0.2) is 9.78 Å². The van der Waals surface area contributed by atoms with Crippen molar-refractivity contribution in [2.45, 2.75) is 6.18 Å². The Morgan fingerprint density at radius 3 is 2.77 bits per heavy atom. The predicted octanol–water partition coefficient (Wildman–Crippen LogP) is 1.86. The number of anilines is 2. The molecule has 1 aromatic carbocycles. The Morgan fingerprint density at radius 2 is 2.10 bits per heavy atom. The molecule has 160 valence electrons. The summed E-state index contributed by atoms with van der Waals surface area (Å²) in [4.78, 5) is 23.9. The highest BCUT2D eigenvalue weighted by Gasteiger charge is 2.26. The Hall–Kier alpha value is -3.80. The molecule has 0 unspecified atom stereocenters. The van der Waals surface area contributed by atoms with Gasteiger partial charge in [0.1, 0.15) is 18.1 Å². The molecule has 31 heavy (non-hydrogen) atoms. The molecule has 0 radical (unpaired) electrons. The van der Waals surface area contributed by atoms with E-state index in [0.717, 1.165) is 4.52 Å². The number of aromatic amines is 2. The van der Waals surface area contributed by atoms with Crippen molar-refractivity contribution in [1.29, 1.82) is 0 Å². The van der Waals surface area contributed by atoms with Gasteiger partial charge in [-0.2, -0.15) is 22.8 Å². The van der Waals surface area contributed by atoms with Crippen LogP contribution in [-0.2, 0) is 0 Å². The van der Waals surface area contributed by atoms with Crippen LogP contribution < -0.4 is 21.7 Å². The van der Waals surface area contributed by atoms with Gasteiger partial charge in [0.2, 0.25) is 5.88 Å². The monoisotopic (exact) mass is 451 g/mol. The lowest BCUT2D eigenvalue weighted by atomic mass is 10.3. The van der Waals surface area contributed by atoms with Crippen LogP contribution in [0.1, 0.15) is 5.69 Å². The number of hydrogen-bond donors (Lipinski definition) is 4. The van der Waals surface area contributed by atoms with E-state index in [1.807, 2.05) is 0 Å². The number of H-pyrrole nitrogens is 2. The lowest BCUT2D eigenvalue weighted by Crippen LogP contribution is -2.22. The van der Waals surface area contributed by atoms with E-state index >= 15 is 0 Å². The Morgan fingerprint density at radius 1 is 1.29 bits per heavy atom. The molecule has 0 saturated heterocycles. The maximum absolute atomic E-state index is 12.7. The second-order valence-electron chi connectivity index (χ2n) is 6.39. The molecular formula is C18H13ClF3N7O2. The van der Waals surface area contributed by atoms with Crippen LogP contribution in [0.25, 0.3) is 11.7 Å². The zero-order valence-corrected chi connectivity index (χ0v) is 16.2. The molecule has 0 aliphatic rings. The van der Waals surface area contributed by atoms with Gasteiger partial charge in [-0.05, 0) is 24.3 Å². The van der Waals surface area contributed by atoms with E-state index in [1.165, 1.54) is 18.3 Å². The Kier molecular flexibility index (Phi) is 5.15. The molecule has 13 heteroatoms.